The Hall–Kier alpha value is -1.08. The van der Waals surface area contributed by atoms with Crippen LogP contribution < -0.4 is 5.32 Å². The highest BCUT2D eigenvalue weighted by Crippen LogP contribution is 2.37. The molecule has 0 radical (unpaired) electrons. The molecule has 12 heteroatoms. The number of nitrogens with zero attached hydrogens (tertiary/aromatic N) is 2. The van der Waals surface area contributed by atoms with Crippen molar-refractivity contribution in [1.29, 1.82) is 0 Å². The maximum Gasteiger partial charge on any atom is 0.342 e. The van der Waals surface area contributed by atoms with Crippen LogP contribution in [0.25, 0.3) is 0 Å². The lowest BCUT2D eigenvalue weighted by atomic mass is 9.84. The van der Waals surface area contributed by atoms with Crippen molar-refractivity contribution in [3.63, 3.8) is 0 Å². The van der Waals surface area contributed by atoms with E-state index in [9.17, 15) is 35.2 Å². The minimum Gasteiger partial charge on any atom is -0.393 e. The van der Waals surface area contributed by atoms with Crippen LogP contribution in [-0.2, 0) is 4.74 Å². The number of ether oxygens (including phenoxy) is 1. The van der Waals surface area contributed by atoms with E-state index in [1.165, 1.54) is 0 Å². The molecule has 1 aliphatic rings. The van der Waals surface area contributed by atoms with Crippen LogP contribution >= 0.6 is 11.6 Å². The molecule has 0 aromatic heterocycles. The molecule has 1 saturated heterocycles. The van der Waals surface area contributed by atoms with Gasteiger partial charge in [-0.2, -0.15) is 5.01 Å². The van der Waals surface area contributed by atoms with Crippen molar-refractivity contribution in [2.75, 3.05) is 19.0 Å². The molecule has 0 saturated carbocycles. The smallest absolute Gasteiger partial charge is 0.342 e. The summed E-state index contributed by atoms with van der Waals surface area (Å²) < 4.78 is 5.18. The summed E-state index contributed by atoms with van der Waals surface area (Å²) in [6, 6.07) is -1.24. The van der Waals surface area contributed by atoms with Crippen LogP contribution in [0, 0.1) is 10.8 Å². The second kappa shape index (κ2) is 8.54. The number of alkyl halides is 1. The summed E-state index contributed by atoms with van der Waals surface area (Å²) in [5, 5.41) is 55.5. The zero-order valence-corrected chi connectivity index (χ0v) is 14.6. The van der Waals surface area contributed by atoms with Crippen molar-refractivity contribution in [3.8, 4) is 0 Å². The molecule has 2 amide bonds. The average Bonchev–Trinajstić information content (AvgIpc) is 2.53. The Morgan fingerprint density at radius 2 is 1.96 bits per heavy atom. The van der Waals surface area contributed by atoms with Gasteiger partial charge in [0.15, 0.2) is 11.5 Å². The lowest BCUT2D eigenvalue weighted by Crippen LogP contribution is -2.77. The highest BCUT2D eigenvalue weighted by Gasteiger charge is 2.61. The Morgan fingerprint density at radius 1 is 1.36 bits per heavy atom. The number of carbonyl (C=O) groups excluding carboxylic acids is 1. The molecule has 0 aromatic rings. The number of hydrogen-bond donors (Lipinski definition) is 6. The number of rotatable bonds is 7. The topological polar surface area (TPSA) is 172 Å². The fourth-order valence-corrected chi connectivity index (χ4v) is 2.82. The van der Waals surface area contributed by atoms with E-state index in [1.807, 2.05) is 5.32 Å². The number of aliphatic hydroxyl groups excluding tert-OH is 3. The van der Waals surface area contributed by atoms with Crippen LogP contribution in [0.4, 0.5) is 4.79 Å². The van der Waals surface area contributed by atoms with E-state index in [0.29, 0.717) is 5.01 Å². The first-order valence-corrected chi connectivity index (χ1v) is 8.17. The molecule has 1 heterocycles. The van der Waals surface area contributed by atoms with Crippen LogP contribution in [0.2, 0.25) is 0 Å². The molecule has 0 unspecified atom stereocenters. The van der Waals surface area contributed by atoms with Gasteiger partial charge in [-0.3, -0.25) is 0 Å². The lowest BCUT2D eigenvalue weighted by Gasteiger charge is -2.52. The first-order valence-electron chi connectivity index (χ1n) is 7.64. The van der Waals surface area contributed by atoms with Crippen LogP contribution in [0.5, 0.6) is 0 Å². The lowest BCUT2D eigenvalue weighted by molar-refractivity contribution is -0.381. The zero-order chi connectivity index (χ0) is 19.4. The van der Waals surface area contributed by atoms with E-state index < -0.39 is 42.5 Å². The van der Waals surface area contributed by atoms with E-state index in [-0.39, 0.29) is 24.8 Å². The summed E-state index contributed by atoms with van der Waals surface area (Å²) in [4.78, 5) is 22.6. The Morgan fingerprint density at radius 3 is 2.40 bits per heavy atom. The van der Waals surface area contributed by atoms with Gasteiger partial charge in [0.25, 0.3) is 0 Å². The first-order chi connectivity index (χ1) is 11.6. The van der Waals surface area contributed by atoms with Crippen LogP contribution in [0.15, 0.2) is 5.29 Å². The number of halogens is 1. The predicted molar refractivity (Wildman–Crippen MR) is 85.1 cm³/mol. The van der Waals surface area contributed by atoms with Gasteiger partial charge in [-0.1, -0.05) is 13.8 Å². The molecule has 1 aliphatic heterocycles. The number of carbonyl (C=O) groups is 1. The van der Waals surface area contributed by atoms with Gasteiger partial charge in [0, 0.05) is 12.3 Å². The third kappa shape index (κ3) is 4.56. The van der Waals surface area contributed by atoms with Gasteiger partial charge in [0.2, 0.25) is 0 Å². The molecule has 11 nitrogen and oxygen atoms in total. The quantitative estimate of drug-likeness (QED) is 0.132. The van der Waals surface area contributed by atoms with Gasteiger partial charge < -0.3 is 35.6 Å². The molecule has 6 N–H and O–H groups in total. The summed E-state index contributed by atoms with van der Waals surface area (Å²) >= 11 is 5.42. The number of hydrogen-bond acceptors (Lipinski definition) is 9. The zero-order valence-electron chi connectivity index (χ0n) is 13.9. The number of nitroso groups, excluding NO2 is 1. The van der Waals surface area contributed by atoms with Gasteiger partial charge in [0.1, 0.15) is 18.3 Å². The Bertz CT molecular complexity index is 480. The molecule has 0 aromatic carbocycles. The van der Waals surface area contributed by atoms with Gasteiger partial charge in [-0.05, 0) is 5.92 Å². The summed E-state index contributed by atoms with van der Waals surface area (Å²) in [6.45, 7) is 2.24. The highest BCUT2D eigenvalue weighted by atomic mass is 35.5. The first kappa shape index (κ1) is 22.0. The minimum absolute atomic E-state index is 0.111. The van der Waals surface area contributed by atoms with Crippen molar-refractivity contribution < 1.29 is 35.1 Å². The molecule has 1 rings (SSSR count). The van der Waals surface area contributed by atoms with Crippen LogP contribution in [0.3, 0.4) is 0 Å². The SMILES string of the molecule is CC(C)C[C@]1(O)O[C@H](CO)[C@](O)(NC(=O)N(CCCl)N=O)[C@H](O)[C@H]1O. The van der Waals surface area contributed by atoms with Crippen molar-refractivity contribution in [3.05, 3.63) is 4.91 Å². The molecule has 146 valence electrons. The molecule has 25 heavy (non-hydrogen) atoms. The summed E-state index contributed by atoms with van der Waals surface area (Å²) in [7, 11) is 0. The summed E-state index contributed by atoms with van der Waals surface area (Å²) in [6.07, 6.45) is -5.94. The third-order valence-corrected chi connectivity index (χ3v) is 4.02. The van der Waals surface area contributed by atoms with E-state index in [0.717, 1.165) is 0 Å². The average molecular weight is 386 g/mol. The Balaban J connectivity index is 3.08. The second-order valence-corrected chi connectivity index (χ2v) is 6.65. The van der Waals surface area contributed by atoms with Crippen molar-refractivity contribution in [2.24, 2.45) is 11.2 Å². The van der Waals surface area contributed by atoms with Gasteiger partial charge in [-0.15, -0.1) is 16.5 Å². The number of amides is 2. The van der Waals surface area contributed by atoms with E-state index in [1.54, 1.807) is 13.8 Å². The fourth-order valence-electron chi connectivity index (χ4n) is 2.66. The molecule has 5 atom stereocenters. The van der Waals surface area contributed by atoms with E-state index >= 15 is 0 Å². The molecule has 0 aliphatic carbocycles. The highest BCUT2D eigenvalue weighted by molar-refractivity contribution is 6.18. The standard InChI is InChI=1S/C13H24ClN3O8/c1-7(2)5-12(22)9(19)10(20)13(23,8(6-18)25-12)15-11(21)17(16-24)4-3-14/h7-10,18-20,22-23H,3-6H2,1-2H3,(H,15,21)/t8-,9-,10-,12+,13-/m1/s1. The Kier molecular flexibility index (Phi) is 7.50. The maximum atomic E-state index is 12.0. The maximum absolute atomic E-state index is 12.0. The molecule has 0 spiro atoms. The van der Waals surface area contributed by atoms with Crippen molar-refractivity contribution >= 4 is 17.6 Å². The molecule has 1 fully saturated rings. The fraction of sp³-hybridized carbons (Fsp3) is 0.923. The minimum atomic E-state index is -2.69. The third-order valence-electron chi connectivity index (χ3n) is 3.85. The molecular weight excluding hydrogens is 362 g/mol. The predicted octanol–water partition coefficient (Wildman–Crippen LogP) is -1.55. The number of urea groups is 1. The monoisotopic (exact) mass is 385 g/mol. The van der Waals surface area contributed by atoms with E-state index in [2.05, 4.69) is 5.29 Å². The molecular formula is C13H24ClN3O8. The second-order valence-electron chi connectivity index (χ2n) is 6.27. The normalized spacial score (nSPS) is 35.5. The van der Waals surface area contributed by atoms with Crippen LogP contribution in [-0.4, -0.2) is 85.4 Å². The van der Waals surface area contributed by atoms with Crippen LogP contribution in [0.1, 0.15) is 20.3 Å². The Labute approximate surface area is 149 Å². The van der Waals surface area contributed by atoms with Crippen molar-refractivity contribution in [2.45, 2.75) is 50.1 Å². The van der Waals surface area contributed by atoms with Gasteiger partial charge in [-0.25, -0.2) is 4.79 Å². The summed E-state index contributed by atoms with van der Waals surface area (Å²) in [5.74, 6) is -2.54. The number of nitrogens with one attached hydrogen (secondary N) is 1. The largest absolute Gasteiger partial charge is 0.393 e. The molecule has 0 bridgehead atoms. The van der Waals surface area contributed by atoms with Gasteiger partial charge >= 0.3 is 6.03 Å². The number of aliphatic hydroxyl groups is 5. The van der Waals surface area contributed by atoms with E-state index in [4.69, 9.17) is 16.3 Å². The summed E-state index contributed by atoms with van der Waals surface area (Å²) in [5.41, 5.74) is -2.69. The van der Waals surface area contributed by atoms with Gasteiger partial charge in [0.05, 0.1) is 18.4 Å². The van der Waals surface area contributed by atoms with Crippen molar-refractivity contribution in [1.82, 2.24) is 10.3 Å².